The van der Waals surface area contributed by atoms with Crippen molar-refractivity contribution in [2.45, 2.75) is 19.8 Å². The summed E-state index contributed by atoms with van der Waals surface area (Å²) in [6.07, 6.45) is 1.96. The van der Waals surface area contributed by atoms with Gasteiger partial charge in [-0.15, -0.1) is 0 Å². The summed E-state index contributed by atoms with van der Waals surface area (Å²) in [5, 5.41) is 0. The highest BCUT2D eigenvalue weighted by molar-refractivity contribution is 5.70. The molecule has 0 aliphatic carbocycles. The van der Waals surface area contributed by atoms with Crippen LogP contribution in [0.25, 0.3) is 0 Å². The lowest BCUT2D eigenvalue weighted by molar-refractivity contribution is -0.148. The Hall–Kier alpha value is -0.900. The van der Waals surface area contributed by atoms with E-state index >= 15 is 0 Å². The van der Waals surface area contributed by atoms with Crippen molar-refractivity contribution in [2.24, 2.45) is 0 Å². The second-order valence-corrected chi connectivity index (χ2v) is 2.17. The first-order valence-electron chi connectivity index (χ1n) is 3.98. The zero-order chi connectivity index (χ0) is 9.23. The topological polar surface area (TPSA) is 52.6 Å². The highest BCUT2D eigenvalue weighted by Gasteiger charge is 1.99. The highest BCUT2D eigenvalue weighted by atomic mass is 16.6. The molecule has 0 N–H and O–H groups in total. The normalized spacial score (nSPS) is 9.42. The van der Waals surface area contributed by atoms with E-state index in [1.54, 1.807) is 6.92 Å². The lowest BCUT2D eigenvalue weighted by Crippen LogP contribution is -2.12. The molecule has 0 atom stereocenters. The molecule has 0 rings (SSSR count). The van der Waals surface area contributed by atoms with Crippen LogP contribution in [0.4, 0.5) is 0 Å². The molecule has 0 amide bonds. The number of carbonyl (C=O) groups is 2. The Labute approximate surface area is 71.8 Å². The number of unbranched alkanes of at least 4 members (excludes halogenated alkanes) is 1. The Bertz CT molecular complexity index is 133. The van der Waals surface area contributed by atoms with E-state index in [0.717, 1.165) is 6.29 Å². The zero-order valence-electron chi connectivity index (χ0n) is 7.25. The second-order valence-electron chi connectivity index (χ2n) is 2.17. The Morgan fingerprint density at radius 2 is 2.25 bits per heavy atom. The van der Waals surface area contributed by atoms with Crippen molar-refractivity contribution >= 4 is 12.3 Å². The molecule has 4 nitrogen and oxygen atoms in total. The van der Waals surface area contributed by atoms with Crippen LogP contribution in [0.15, 0.2) is 0 Å². The molecule has 70 valence electrons. The number of carbonyl (C=O) groups excluding carboxylic acids is 2. The maximum absolute atomic E-state index is 10.7. The Balaban J connectivity index is 3.08. The maximum Gasteiger partial charge on any atom is 0.332 e. The molecule has 0 aromatic heterocycles. The molecule has 0 saturated heterocycles. The van der Waals surface area contributed by atoms with E-state index in [1.165, 1.54) is 0 Å². The van der Waals surface area contributed by atoms with Gasteiger partial charge in [-0.2, -0.15) is 0 Å². The predicted molar refractivity (Wildman–Crippen MR) is 42.8 cm³/mol. The molecular weight excluding hydrogens is 160 g/mol. The Morgan fingerprint density at radius 3 is 2.83 bits per heavy atom. The summed E-state index contributed by atoms with van der Waals surface area (Å²) in [5.41, 5.74) is 0. The number of aldehydes is 1. The fraction of sp³-hybridized carbons (Fsp3) is 0.750. The SMILES string of the molecule is CCOC(=O)COCCCC=O. The minimum Gasteiger partial charge on any atom is -0.464 e. The van der Waals surface area contributed by atoms with E-state index in [0.29, 0.717) is 26.1 Å². The van der Waals surface area contributed by atoms with Crippen LogP contribution in [-0.4, -0.2) is 32.1 Å². The maximum atomic E-state index is 10.7. The van der Waals surface area contributed by atoms with Gasteiger partial charge in [-0.05, 0) is 13.3 Å². The van der Waals surface area contributed by atoms with Crippen LogP contribution in [0.5, 0.6) is 0 Å². The average Bonchev–Trinajstić information content (AvgIpc) is 2.05. The van der Waals surface area contributed by atoms with Crippen LogP contribution < -0.4 is 0 Å². The highest BCUT2D eigenvalue weighted by Crippen LogP contribution is 1.87. The number of esters is 1. The summed E-state index contributed by atoms with van der Waals surface area (Å²) in [4.78, 5) is 20.5. The second kappa shape index (κ2) is 8.20. The van der Waals surface area contributed by atoms with Crippen molar-refractivity contribution in [1.82, 2.24) is 0 Å². The van der Waals surface area contributed by atoms with Gasteiger partial charge in [0.25, 0.3) is 0 Å². The smallest absolute Gasteiger partial charge is 0.332 e. The first kappa shape index (κ1) is 11.1. The van der Waals surface area contributed by atoms with E-state index in [-0.39, 0.29) is 12.6 Å². The lowest BCUT2D eigenvalue weighted by atomic mass is 10.3. The van der Waals surface area contributed by atoms with Crippen molar-refractivity contribution in [3.63, 3.8) is 0 Å². The first-order valence-corrected chi connectivity index (χ1v) is 3.98. The third-order valence-corrected chi connectivity index (χ3v) is 1.14. The van der Waals surface area contributed by atoms with E-state index in [9.17, 15) is 9.59 Å². The minimum atomic E-state index is -0.358. The van der Waals surface area contributed by atoms with Gasteiger partial charge in [-0.25, -0.2) is 4.79 Å². The van der Waals surface area contributed by atoms with Crippen LogP contribution in [0.3, 0.4) is 0 Å². The Kier molecular flexibility index (Phi) is 7.58. The summed E-state index contributed by atoms with van der Waals surface area (Å²) in [6.45, 7) is 2.52. The largest absolute Gasteiger partial charge is 0.464 e. The van der Waals surface area contributed by atoms with Crippen LogP contribution in [0, 0.1) is 0 Å². The predicted octanol–water partition coefficient (Wildman–Crippen LogP) is 0.545. The molecule has 0 spiro atoms. The van der Waals surface area contributed by atoms with Crippen molar-refractivity contribution < 1.29 is 19.1 Å². The fourth-order valence-corrected chi connectivity index (χ4v) is 0.627. The first-order chi connectivity index (χ1) is 5.81. The van der Waals surface area contributed by atoms with Gasteiger partial charge >= 0.3 is 5.97 Å². The van der Waals surface area contributed by atoms with E-state index < -0.39 is 0 Å². The van der Waals surface area contributed by atoms with Crippen molar-refractivity contribution in [3.8, 4) is 0 Å². The lowest BCUT2D eigenvalue weighted by Gasteiger charge is -2.01. The van der Waals surface area contributed by atoms with Gasteiger partial charge in [0, 0.05) is 13.0 Å². The molecule has 0 radical (unpaired) electrons. The monoisotopic (exact) mass is 174 g/mol. The number of hydrogen-bond acceptors (Lipinski definition) is 4. The molecule has 0 bridgehead atoms. The van der Waals surface area contributed by atoms with Crippen LogP contribution >= 0.6 is 0 Å². The molecule has 0 fully saturated rings. The van der Waals surface area contributed by atoms with Gasteiger partial charge in [0.05, 0.1) is 6.61 Å². The third-order valence-electron chi connectivity index (χ3n) is 1.14. The third kappa shape index (κ3) is 7.21. The standard InChI is InChI=1S/C8H14O4/c1-2-12-8(10)7-11-6-4-3-5-9/h5H,2-4,6-7H2,1H3. The van der Waals surface area contributed by atoms with Gasteiger partial charge in [-0.3, -0.25) is 0 Å². The summed E-state index contributed by atoms with van der Waals surface area (Å²) < 4.78 is 9.53. The van der Waals surface area contributed by atoms with E-state index in [2.05, 4.69) is 4.74 Å². The molecule has 0 aromatic rings. The molecular formula is C8H14O4. The van der Waals surface area contributed by atoms with Crippen molar-refractivity contribution in [2.75, 3.05) is 19.8 Å². The summed E-state index contributed by atoms with van der Waals surface area (Å²) in [5.74, 6) is -0.358. The molecule has 0 aliphatic rings. The quantitative estimate of drug-likeness (QED) is 0.321. The number of rotatable bonds is 7. The van der Waals surface area contributed by atoms with Crippen LogP contribution in [0.2, 0.25) is 0 Å². The van der Waals surface area contributed by atoms with Crippen molar-refractivity contribution in [1.29, 1.82) is 0 Å². The summed E-state index contributed by atoms with van der Waals surface area (Å²) in [6, 6.07) is 0. The van der Waals surface area contributed by atoms with Gasteiger partial charge in [0.15, 0.2) is 0 Å². The number of hydrogen-bond donors (Lipinski definition) is 0. The van der Waals surface area contributed by atoms with Gasteiger partial charge in [0.2, 0.25) is 0 Å². The molecule has 0 unspecified atom stereocenters. The summed E-state index contributed by atoms with van der Waals surface area (Å²) >= 11 is 0. The minimum absolute atomic E-state index is 0.0211. The van der Waals surface area contributed by atoms with Crippen molar-refractivity contribution in [3.05, 3.63) is 0 Å². The van der Waals surface area contributed by atoms with E-state index in [4.69, 9.17) is 4.74 Å². The van der Waals surface area contributed by atoms with E-state index in [1.807, 2.05) is 0 Å². The molecule has 12 heavy (non-hydrogen) atoms. The average molecular weight is 174 g/mol. The molecule has 0 aromatic carbocycles. The molecule has 0 heterocycles. The van der Waals surface area contributed by atoms with Gasteiger partial charge < -0.3 is 14.3 Å². The van der Waals surface area contributed by atoms with Crippen LogP contribution in [-0.2, 0) is 19.1 Å². The summed E-state index contributed by atoms with van der Waals surface area (Å²) in [7, 11) is 0. The Morgan fingerprint density at radius 1 is 1.50 bits per heavy atom. The number of ether oxygens (including phenoxy) is 2. The molecule has 0 saturated carbocycles. The zero-order valence-corrected chi connectivity index (χ0v) is 7.25. The molecule has 4 heteroatoms. The van der Waals surface area contributed by atoms with Crippen LogP contribution in [0.1, 0.15) is 19.8 Å². The molecule has 0 aliphatic heterocycles. The van der Waals surface area contributed by atoms with Gasteiger partial charge in [0.1, 0.15) is 12.9 Å². The van der Waals surface area contributed by atoms with Gasteiger partial charge in [-0.1, -0.05) is 0 Å². The fourth-order valence-electron chi connectivity index (χ4n) is 0.627.